The molecule has 5 rings (SSSR count). The molecule has 2 saturated heterocycles. The van der Waals surface area contributed by atoms with Crippen LogP contribution in [0.25, 0.3) is 0 Å². The molecule has 2 aromatic carbocycles. The second kappa shape index (κ2) is 7.81. The molecule has 1 spiro atoms. The Kier molecular flexibility index (Phi) is 5.14. The molecule has 30 heavy (non-hydrogen) atoms. The van der Waals surface area contributed by atoms with Crippen LogP contribution in [0.5, 0.6) is 0 Å². The third-order valence-corrected chi connectivity index (χ3v) is 6.44. The monoisotopic (exact) mass is 432 g/mol. The van der Waals surface area contributed by atoms with Crippen molar-refractivity contribution in [1.82, 2.24) is 0 Å². The molecule has 0 saturated carbocycles. The van der Waals surface area contributed by atoms with E-state index in [4.69, 9.17) is 21.1 Å². The highest BCUT2D eigenvalue weighted by atomic mass is 35.5. The first-order chi connectivity index (χ1) is 14.6. The third kappa shape index (κ3) is 3.17. The van der Waals surface area contributed by atoms with Gasteiger partial charge in [0, 0.05) is 5.56 Å². The Morgan fingerprint density at radius 1 is 1.10 bits per heavy atom. The van der Waals surface area contributed by atoms with E-state index in [2.05, 4.69) is 4.90 Å². The van der Waals surface area contributed by atoms with Crippen molar-refractivity contribution in [3.8, 4) is 0 Å². The van der Waals surface area contributed by atoms with Crippen LogP contribution in [0.15, 0.2) is 48.5 Å². The number of halogens is 2. The van der Waals surface area contributed by atoms with E-state index in [0.29, 0.717) is 19.0 Å². The maximum atomic E-state index is 14.1. The summed E-state index contributed by atoms with van der Waals surface area (Å²) in [4.78, 5) is 18.5. The van der Waals surface area contributed by atoms with Gasteiger partial charge in [-0.1, -0.05) is 30.3 Å². The molecule has 1 amide bonds. The lowest BCUT2D eigenvalue weighted by Crippen LogP contribution is -3.16. The number of anilines is 2. The highest BCUT2D eigenvalue weighted by molar-refractivity contribution is 6.18. The first-order valence-electron chi connectivity index (χ1n) is 10.2. The quantitative estimate of drug-likeness (QED) is 0.741. The lowest BCUT2D eigenvalue weighted by Gasteiger charge is -2.35. The van der Waals surface area contributed by atoms with E-state index in [0.717, 1.165) is 37.4 Å². The van der Waals surface area contributed by atoms with Crippen molar-refractivity contribution in [2.24, 2.45) is 0 Å². The summed E-state index contributed by atoms with van der Waals surface area (Å²) < 4.78 is 26.0. The second-order valence-corrected chi connectivity index (χ2v) is 8.23. The SMILES string of the molecule is O=C1N(C[NH+]2CCN(c3ccccc3F)CC2)c2ccccc2[C@]12OC[C@@H](CCl)O2. The van der Waals surface area contributed by atoms with Crippen molar-refractivity contribution in [2.45, 2.75) is 11.9 Å². The molecule has 158 valence electrons. The first kappa shape index (κ1) is 19.8. The van der Waals surface area contributed by atoms with Crippen LogP contribution >= 0.6 is 11.6 Å². The molecule has 3 aliphatic rings. The van der Waals surface area contributed by atoms with E-state index in [-0.39, 0.29) is 23.7 Å². The van der Waals surface area contributed by atoms with Crippen molar-refractivity contribution in [3.05, 3.63) is 59.9 Å². The van der Waals surface area contributed by atoms with Crippen LogP contribution in [0, 0.1) is 5.82 Å². The van der Waals surface area contributed by atoms with Crippen molar-refractivity contribution >= 4 is 28.9 Å². The van der Waals surface area contributed by atoms with Gasteiger partial charge in [-0.05, 0) is 18.2 Å². The zero-order chi connectivity index (χ0) is 20.7. The molecule has 0 aromatic heterocycles. The summed E-state index contributed by atoms with van der Waals surface area (Å²) in [5.41, 5.74) is 2.20. The number of carbonyl (C=O) groups is 1. The van der Waals surface area contributed by atoms with Gasteiger partial charge in [-0.3, -0.25) is 9.69 Å². The zero-order valence-electron chi connectivity index (χ0n) is 16.5. The molecular weight excluding hydrogens is 409 g/mol. The molecule has 0 aliphatic carbocycles. The average Bonchev–Trinajstić information content (AvgIpc) is 3.32. The maximum absolute atomic E-state index is 14.1. The number of nitrogens with one attached hydrogen (secondary N) is 1. The van der Waals surface area contributed by atoms with Crippen LogP contribution in [0.3, 0.4) is 0 Å². The van der Waals surface area contributed by atoms with Gasteiger partial charge in [-0.15, -0.1) is 11.6 Å². The molecule has 2 aromatic rings. The van der Waals surface area contributed by atoms with Gasteiger partial charge in [0.25, 0.3) is 11.7 Å². The van der Waals surface area contributed by atoms with E-state index in [1.807, 2.05) is 36.4 Å². The molecule has 0 unspecified atom stereocenters. The van der Waals surface area contributed by atoms with Crippen molar-refractivity contribution in [3.63, 3.8) is 0 Å². The Bertz CT molecular complexity index is 953. The van der Waals surface area contributed by atoms with Crippen LogP contribution in [-0.2, 0) is 20.1 Å². The van der Waals surface area contributed by atoms with Gasteiger partial charge >= 0.3 is 0 Å². The molecular formula is C22H24ClFN3O3+. The molecule has 6 nitrogen and oxygen atoms in total. The molecule has 8 heteroatoms. The van der Waals surface area contributed by atoms with Crippen molar-refractivity contribution < 1.29 is 23.6 Å². The molecule has 0 bridgehead atoms. The van der Waals surface area contributed by atoms with Crippen LogP contribution in [0.1, 0.15) is 5.56 Å². The van der Waals surface area contributed by atoms with E-state index < -0.39 is 5.79 Å². The Morgan fingerprint density at radius 3 is 2.50 bits per heavy atom. The molecule has 1 N–H and O–H groups in total. The fourth-order valence-corrected chi connectivity index (χ4v) is 4.69. The van der Waals surface area contributed by atoms with Gasteiger partial charge in [0.1, 0.15) is 5.82 Å². The minimum atomic E-state index is -1.38. The Morgan fingerprint density at radius 2 is 1.80 bits per heavy atom. The lowest BCUT2D eigenvalue weighted by atomic mass is 10.1. The highest BCUT2D eigenvalue weighted by Crippen LogP contribution is 2.46. The van der Waals surface area contributed by atoms with E-state index >= 15 is 0 Å². The molecule has 0 radical (unpaired) electrons. The van der Waals surface area contributed by atoms with E-state index in [9.17, 15) is 9.18 Å². The van der Waals surface area contributed by atoms with Crippen molar-refractivity contribution in [1.29, 1.82) is 0 Å². The van der Waals surface area contributed by atoms with Crippen LogP contribution < -0.4 is 14.7 Å². The van der Waals surface area contributed by atoms with Gasteiger partial charge < -0.3 is 19.3 Å². The number of nitrogens with zero attached hydrogens (tertiary/aromatic N) is 2. The number of fused-ring (bicyclic) bond motifs is 2. The summed E-state index contributed by atoms with van der Waals surface area (Å²) in [6, 6.07) is 14.5. The predicted octanol–water partition coefficient (Wildman–Crippen LogP) is 1.34. The van der Waals surface area contributed by atoms with Gasteiger partial charge in [0.2, 0.25) is 0 Å². The lowest BCUT2D eigenvalue weighted by molar-refractivity contribution is -0.899. The van der Waals surface area contributed by atoms with E-state index in [1.165, 1.54) is 11.0 Å². The number of amides is 1. The Hall–Kier alpha value is -2.19. The summed E-state index contributed by atoms with van der Waals surface area (Å²) in [6.07, 6.45) is -0.305. The number of carbonyl (C=O) groups excluding carboxylic acids is 1. The van der Waals surface area contributed by atoms with Gasteiger partial charge in [0.05, 0.1) is 56.1 Å². The van der Waals surface area contributed by atoms with Crippen LogP contribution in [0.2, 0.25) is 0 Å². The fourth-order valence-electron chi connectivity index (χ4n) is 4.54. The number of hydrogen-bond acceptors (Lipinski definition) is 4. The van der Waals surface area contributed by atoms with Crippen LogP contribution in [0.4, 0.5) is 15.8 Å². The van der Waals surface area contributed by atoms with Gasteiger partial charge in [-0.2, -0.15) is 0 Å². The Labute approximate surface area is 179 Å². The number of ether oxygens (including phenoxy) is 2. The average molecular weight is 433 g/mol. The van der Waals surface area contributed by atoms with Crippen molar-refractivity contribution in [2.75, 3.05) is 55.1 Å². The maximum Gasteiger partial charge on any atom is 0.296 e. The standard InChI is InChI=1S/C22H23ClFN3O3/c23-13-16-14-29-22(30-16)17-5-1-3-7-19(17)27(21(22)28)15-25-9-11-26(12-10-25)20-8-4-2-6-18(20)24/h1-8,16H,9-15H2/p+1/t16-,22-/m1/s1. The summed E-state index contributed by atoms with van der Waals surface area (Å²) in [5.74, 6) is -1.50. The van der Waals surface area contributed by atoms with Crippen LogP contribution in [-0.4, -0.2) is 57.3 Å². The zero-order valence-corrected chi connectivity index (χ0v) is 17.3. The van der Waals surface area contributed by atoms with Gasteiger partial charge in [-0.25, -0.2) is 4.39 Å². The molecule has 2 fully saturated rings. The number of alkyl halides is 1. The highest BCUT2D eigenvalue weighted by Gasteiger charge is 2.58. The molecule has 2 atom stereocenters. The normalized spacial score (nSPS) is 26.6. The predicted molar refractivity (Wildman–Crippen MR) is 111 cm³/mol. The number of benzene rings is 2. The second-order valence-electron chi connectivity index (χ2n) is 7.92. The Balaban J connectivity index is 1.31. The molecule has 3 aliphatic heterocycles. The minimum Gasteiger partial charge on any atom is -0.358 e. The summed E-state index contributed by atoms with van der Waals surface area (Å²) >= 11 is 5.95. The fraction of sp³-hybridized carbons (Fsp3) is 0.409. The minimum absolute atomic E-state index is 0.194. The number of piperazine rings is 1. The smallest absolute Gasteiger partial charge is 0.296 e. The number of quaternary nitrogens is 1. The summed E-state index contributed by atoms with van der Waals surface area (Å²) in [7, 11) is 0. The first-order valence-corrected chi connectivity index (χ1v) is 10.8. The number of hydrogen-bond donors (Lipinski definition) is 1. The number of para-hydroxylation sites is 2. The largest absolute Gasteiger partial charge is 0.358 e. The van der Waals surface area contributed by atoms with Gasteiger partial charge in [0.15, 0.2) is 6.67 Å². The van der Waals surface area contributed by atoms with E-state index in [1.54, 1.807) is 11.0 Å². The third-order valence-electron chi connectivity index (χ3n) is 6.10. The number of rotatable bonds is 4. The summed E-state index contributed by atoms with van der Waals surface area (Å²) in [5, 5.41) is 0. The summed E-state index contributed by atoms with van der Waals surface area (Å²) in [6.45, 7) is 3.88. The topological polar surface area (TPSA) is 46.5 Å². The molecule has 3 heterocycles.